The summed E-state index contributed by atoms with van der Waals surface area (Å²) in [7, 11) is 0. The summed E-state index contributed by atoms with van der Waals surface area (Å²) in [6, 6.07) is 6.91. The summed E-state index contributed by atoms with van der Waals surface area (Å²) in [5.74, 6) is -0.359. The number of fused-ring (bicyclic) bond motifs is 1. The highest BCUT2D eigenvalue weighted by molar-refractivity contribution is 5.89. The summed E-state index contributed by atoms with van der Waals surface area (Å²) in [5, 5.41) is 11.3. The lowest BCUT2D eigenvalue weighted by Crippen LogP contribution is -2.49. The zero-order chi connectivity index (χ0) is 19.7. The maximum atomic E-state index is 13.0. The summed E-state index contributed by atoms with van der Waals surface area (Å²) in [5.41, 5.74) is 8.07. The van der Waals surface area contributed by atoms with Crippen LogP contribution in [0.1, 0.15) is 27.2 Å². The number of nitrogens with zero attached hydrogens (tertiary/aromatic N) is 3. The van der Waals surface area contributed by atoms with E-state index in [9.17, 15) is 9.59 Å². The fourth-order valence-corrected chi connectivity index (χ4v) is 3.77. The summed E-state index contributed by atoms with van der Waals surface area (Å²) < 4.78 is 3.56. The fourth-order valence-electron chi connectivity index (χ4n) is 3.77. The molecule has 1 aliphatic heterocycles. The number of imidazole rings is 1. The van der Waals surface area contributed by atoms with Gasteiger partial charge in [0.2, 0.25) is 17.4 Å². The van der Waals surface area contributed by atoms with Gasteiger partial charge in [0.1, 0.15) is 12.6 Å². The average Bonchev–Trinajstić information content (AvgIpc) is 3.13. The quantitative estimate of drug-likeness (QED) is 0.706. The Labute approximate surface area is 158 Å². The van der Waals surface area contributed by atoms with Crippen molar-refractivity contribution in [3.63, 3.8) is 0 Å². The number of nitrogens with one attached hydrogen (secondary N) is 2. The molecular formula is C19H28N6O2. The van der Waals surface area contributed by atoms with E-state index in [0.717, 1.165) is 11.0 Å². The standard InChI is InChI=1S/C19H28N6O2/c1-4-23-14-7-5-6-8-15(14)25(19(23)21)11-17(26)24-10-13(20)9-16(24)18(27)22-12(2)3/h5-8,12-13,16,21H,4,9-11,20H2,1-3H3,(H,22,27)/t13-,16+/m1/s1. The number of rotatable bonds is 5. The van der Waals surface area contributed by atoms with Crippen molar-refractivity contribution >= 4 is 22.8 Å². The Morgan fingerprint density at radius 3 is 2.48 bits per heavy atom. The number of amides is 2. The van der Waals surface area contributed by atoms with Crippen molar-refractivity contribution in [1.29, 1.82) is 5.41 Å². The number of benzene rings is 1. The maximum Gasteiger partial charge on any atom is 0.243 e. The molecule has 4 N–H and O–H groups in total. The molecule has 1 aromatic carbocycles. The van der Waals surface area contributed by atoms with E-state index in [1.807, 2.05) is 49.6 Å². The number of hydrogen-bond donors (Lipinski definition) is 3. The van der Waals surface area contributed by atoms with Crippen LogP contribution in [0.3, 0.4) is 0 Å². The van der Waals surface area contributed by atoms with Crippen LogP contribution in [0.25, 0.3) is 11.0 Å². The molecule has 1 fully saturated rings. The van der Waals surface area contributed by atoms with Gasteiger partial charge in [-0.05, 0) is 39.3 Å². The molecule has 0 aliphatic carbocycles. The van der Waals surface area contributed by atoms with Crippen LogP contribution in [0.5, 0.6) is 0 Å². The fraction of sp³-hybridized carbons (Fsp3) is 0.526. The molecule has 2 amide bonds. The molecule has 2 aromatic rings. The number of para-hydroxylation sites is 2. The smallest absolute Gasteiger partial charge is 0.243 e. The van der Waals surface area contributed by atoms with Crippen LogP contribution in [-0.2, 0) is 22.7 Å². The van der Waals surface area contributed by atoms with Crippen LogP contribution < -0.4 is 16.7 Å². The summed E-state index contributed by atoms with van der Waals surface area (Å²) >= 11 is 0. The molecule has 2 heterocycles. The van der Waals surface area contributed by atoms with Gasteiger partial charge in [0.25, 0.3) is 0 Å². The van der Waals surface area contributed by atoms with E-state index < -0.39 is 6.04 Å². The molecule has 0 saturated carbocycles. The van der Waals surface area contributed by atoms with Crippen molar-refractivity contribution < 1.29 is 9.59 Å². The second kappa shape index (κ2) is 7.56. The first kappa shape index (κ1) is 19.2. The summed E-state index contributed by atoms with van der Waals surface area (Å²) in [6.07, 6.45) is 0.458. The van der Waals surface area contributed by atoms with E-state index in [0.29, 0.717) is 19.5 Å². The average molecular weight is 372 g/mol. The third-order valence-corrected chi connectivity index (χ3v) is 4.97. The minimum atomic E-state index is -0.552. The van der Waals surface area contributed by atoms with Gasteiger partial charge in [-0.1, -0.05) is 12.1 Å². The Balaban J connectivity index is 1.89. The number of likely N-dealkylation sites (tertiary alicyclic amines) is 1. The molecule has 1 saturated heterocycles. The Kier molecular flexibility index (Phi) is 5.36. The highest BCUT2D eigenvalue weighted by Gasteiger charge is 2.38. The minimum Gasteiger partial charge on any atom is -0.352 e. The molecule has 2 atom stereocenters. The topological polar surface area (TPSA) is 109 Å². The lowest BCUT2D eigenvalue weighted by atomic mass is 10.1. The number of carbonyl (C=O) groups is 2. The molecular weight excluding hydrogens is 344 g/mol. The lowest BCUT2D eigenvalue weighted by Gasteiger charge is -2.25. The van der Waals surface area contributed by atoms with Gasteiger partial charge in [-0.15, -0.1) is 0 Å². The Hall–Kier alpha value is -2.61. The van der Waals surface area contributed by atoms with Gasteiger partial charge < -0.3 is 25.1 Å². The van der Waals surface area contributed by atoms with Crippen LogP contribution >= 0.6 is 0 Å². The maximum absolute atomic E-state index is 13.0. The molecule has 1 aliphatic rings. The van der Waals surface area contributed by atoms with Crippen molar-refractivity contribution in [1.82, 2.24) is 19.4 Å². The van der Waals surface area contributed by atoms with E-state index >= 15 is 0 Å². The van der Waals surface area contributed by atoms with Crippen LogP contribution in [0.4, 0.5) is 0 Å². The molecule has 0 radical (unpaired) electrons. The minimum absolute atomic E-state index is 0.00280. The van der Waals surface area contributed by atoms with Crippen molar-refractivity contribution in [2.24, 2.45) is 5.73 Å². The normalized spacial score (nSPS) is 19.8. The summed E-state index contributed by atoms with van der Waals surface area (Å²) in [6.45, 7) is 6.78. The highest BCUT2D eigenvalue weighted by atomic mass is 16.2. The molecule has 0 spiro atoms. The van der Waals surface area contributed by atoms with Crippen molar-refractivity contribution in [3.05, 3.63) is 29.9 Å². The molecule has 27 heavy (non-hydrogen) atoms. The van der Waals surface area contributed by atoms with E-state index in [-0.39, 0.29) is 36.1 Å². The zero-order valence-electron chi connectivity index (χ0n) is 16.1. The number of aryl methyl sites for hydroxylation is 1. The zero-order valence-corrected chi connectivity index (χ0v) is 16.1. The van der Waals surface area contributed by atoms with Gasteiger partial charge in [0.15, 0.2) is 0 Å². The number of aromatic nitrogens is 2. The van der Waals surface area contributed by atoms with Gasteiger partial charge in [-0.2, -0.15) is 0 Å². The number of nitrogens with two attached hydrogens (primary N) is 1. The van der Waals surface area contributed by atoms with Crippen molar-refractivity contribution in [2.45, 2.75) is 58.4 Å². The molecule has 8 nitrogen and oxygen atoms in total. The van der Waals surface area contributed by atoms with Crippen LogP contribution in [0, 0.1) is 5.41 Å². The van der Waals surface area contributed by atoms with Crippen molar-refractivity contribution in [2.75, 3.05) is 6.54 Å². The second-order valence-corrected chi connectivity index (χ2v) is 7.36. The SMILES string of the molecule is CCn1c(=N)n(CC(=O)N2C[C@H](N)C[C@H]2C(=O)NC(C)C)c2ccccc21. The Morgan fingerprint density at radius 1 is 1.26 bits per heavy atom. The van der Waals surface area contributed by atoms with Gasteiger partial charge in [-0.25, -0.2) is 0 Å². The molecule has 146 valence electrons. The molecule has 0 unspecified atom stereocenters. The molecule has 3 rings (SSSR count). The van der Waals surface area contributed by atoms with Gasteiger partial charge in [0.05, 0.1) is 11.0 Å². The molecule has 0 bridgehead atoms. The van der Waals surface area contributed by atoms with Crippen molar-refractivity contribution in [3.8, 4) is 0 Å². The Morgan fingerprint density at radius 2 is 1.89 bits per heavy atom. The van der Waals surface area contributed by atoms with Crippen LogP contribution in [-0.4, -0.2) is 50.5 Å². The Bertz CT molecular complexity index is 913. The number of hydrogen-bond acceptors (Lipinski definition) is 4. The lowest BCUT2D eigenvalue weighted by molar-refractivity contribution is -0.139. The highest BCUT2D eigenvalue weighted by Crippen LogP contribution is 2.19. The van der Waals surface area contributed by atoms with Crippen LogP contribution in [0.15, 0.2) is 24.3 Å². The predicted octanol–water partition coefficient (Wildman–Crippen LogP) is 0.395. The monoisotopic (exact) mass is 372 g/mol. The second-order valence-electron chi connectivity index (χ2n) is 7.36. The van der Waals surface area contributed by atoms with E-state index in [2.05, 4.69) is 5.32 Å². The molecule has 8 heteroatoms. The van der Waals surface area contributed by atoms with Gasteiger partial charge in [0, 0.05) is 25.2 Å². The third kappa shape index (κ3) is 3.62. The van der Waals surface area contributed by atoms with E-state index in [4.69, 9.17) is 11.1 Å². The van der Waals surface area contributed by atoms with Gasteiger partial charge >= 0.3 is 0 Å². The number of carbonyl (C=O) groups excluding carboxylic acids is 2. The predicted molar refractivity (Wildman–Crippen MR) is 103 cm³/mol. The largest absolute Gasteiger partial charge is 0.352 e. The van der Waals surface area contributed by atoms with E-state index in [1.54, 1.807) is 9.47 Å². The van der Waals surface area contributed by atoms with E-state index in [1.165, 1.54) is 0 Å². The first-order chi connectivity index (χ1) is 12.8. The van der Waals surface area contributed by atoms with Gasteiger partial charge in [-0.3, -0.25) is 15.0 Å². The first-order valence-corrected chi connectivity index (χ1v) is 9.41. The summed E-state index contributed by atoms with van der Waals surface area (Å²) in [4.78, 5) is 27.1. The first-order valence-electron chi connectivity index (χ1n) is 9.41. The third-order valence-electron chi connectivity index (χ3n) is 4.97. The van der Waals surface area contributed by atoms with Crippen LogP contribution in [0.2, 0.25) is 0 Å². The molecule has 1 aromatic heterocycles.